The van der Waals surface area contributed by atoms with Gasteiger partial charge in [-0.2, -0.15) is 0 Å². The molecule has 0 amide bonds. The van der Waals surface area contributed by atoms with Crippen molar-refractivity contribution < 1.29 is 5.11 Å². The van der Waals surface area contributed by atoms with Gasteiger partial charge in [0.1, 0.15) is 0 Å². The highest BCUT2D eigenvalue weighted by Gasteiger charge is 2.21. The van der Waals surface area contributed by atoms with Crippen molar-refractivity contribution in [3.63, 3.8) is 0 Å². The summed E-state index contributed by atoms with van der Waals surface area (Å²) in [6.07, 6.45) is 8.80. The van der Waals surface area contributed by atoms with Gasteiger partial charge in [-0.15, -0.1) is 0 Å². The second-order valence-electron chi connectivity index (χ2n) is 4.59. The van der Waals surface area contributed by atoms with Gasteiger partial charge in [-0.05, 0) is 24.7 Å². The summed E-state index contributed by atoms with van der Waals surface area (Å²) in [7, 11) is 0. The highest BCUT2D eigenvalue weighted by atomic mass is 16.3. The Morgan fingerprint density at radius 1 is 1.08 bits per heavy atom. The maximum absolute atomic E-state index is 9.53. The van der Waals surface area contributed by atoms with E-state index in [1.54, 1.807) is 0 Å². The van der Waals surface area contributed by atoms with Crippen molar-refractivity contribution in [3.05, 3.63) is 0 Å². The average Bonchev–Trinajstić information content (AvgIpc) is 2.19. The Hall–Kier alpha value is -0.0400. The lowest BCUT2D eigenvalue weighted by atomic mass is 9.78. The molecule has 1 atom stereocenters. The minimum Gasteiger partial charge on any atom is -0.393 e. The van der Waals surface area contributed by atoms with Crippen LogP contribution in [0.5, 0.6) is 0 Å². The van der Waals surface area contributed by atoms with E-state index >= 15 is 0 Å². The molecule has 0 aromatic heterocycles. The molecule has 0 aromatic carbocycles. The summed E-state index contributed by atoms with van der Waals surface area (Å²) in [5.74, 6) is 1.80. The highest BCUT2D eigenvalue weighted by molar-refractivity contribution is 4.73. The molecule has 1 saturated carbocycles. The molecule has 0 aliphatic heterocycles. The van der Waals surface area contributed by atoms with Crippen molar-refractivity contribution >= 4 is 0 Å². The predicted octanol–water partition coefficient (Wildman–Crippen LogP) is 3.36. The smallest absolute Gasteiger partial charge is 0.0540 e. The molecule has 0 radical (unpaired) electrons. The largest absolute Gasteiger partial charge is 0.393 e. The Kier molecular flexibility index (Phi) is 4.79. The van der Waals surface area contributed by atoms with Crippen molar-refractivity contribution in [2.45, 2.75) is 64.9 Å². The number of aliphatic hydroxyl groups excluding tert-OH is 1. The van der Waals surface area contributed by atoms with Crippen LogP contribution in [-0.2, 0) is 0 Å². The quantitative estimate of drug-likeness (QED) is 0.710. The van der Waals surface area contributed by atoms with Gasteiger partial charge >= 0.3 is 0 Å². The summed E-state index contributed by atoms with van der Waals surface area (Å²) in [5, 5.41) is 9.53. The monoisotopic (exact) mass is 184 g/mol. The Morgan fingerprint density at radius 3 is 2.08 bits per heavy atom. The zero-order valence-electron chi connectivity index (χ0n) is 9.13. The van der Waals surface area contributed by atoms with Crippen LogP contribution in [0.15, 0.2) is 0 Å². The first kappa shape index (κ1) is 11.0. The van der Waals surface area contributed by atoms with Crippen LogP contribution in [0.3, 0.4) is 0 Å². The third kappa shape index (κ3) is 3.68. The van der Waals surface area contributed by atoms with Crippen molar-refractivity contribution in [2.24, 2.45) is 11.8 Å². The number of rotatable bonds is 4. The molecule has 1 N–H and O–H groups in total. The fourth-order valence-corrected chi connectivity index (χ4v) is 2.43. The Balaban J connectivity index is 2.17. The molecular weight excluding hydrogens is 160 g/mol. The van der Waals surface area contributed by atoms with Crippen molar-refractivity contribution in [2.75, 3.05) is 0 Å². The van der Waals surface area contributed by atoms with Gasteiger partial charge in [-0.1, -0.05) is 46.0 Å². The SMILES string of the molecule is CCC(O)CC1CCC(CC)CC1. The third-order valence-corrected chi connectivity index (χ3v) is 3.62. The van der Waals surface area contributed by atoms with E-state index in [9.17, 15) is 5.11 Å². The van der Waals surface area contributed by atoms with Gasteiger partial charge in [0.05, 0.1) is 6.10 Å². The standard InChI is InChI=1S/C12H24O/c1-3-10-5-7-11(8-6-10)9-12(13)4-2/h10-13H,3-9H2,1-2H3. The molecule has 1 fully saturated rings. The van der Waals surface area contributed by atoms with E-state index in [2.05, 4.69) is 13.8 Å². The zero-order valence-corrected chi connectivity index (χ0v) is 9.13. The van der Waals surface area contributed by atoms with Crippen molar-refractivity contribution in [1.29, 1.82) is 0 Å². The molecule has 0 spiro atoms. The van der Waals surface area contributed by atoms with Crippen LogP contribution < -0.4 is 0 Å². The second-order valence-corrected chi connectivity index (χ2v) is 4.59. The molecule has 1 aliphatic carbocycles. The molecule has 0 aromatic rings. The normalized spacial score (nSPS) is 31.6. The molecule has 0 bridgehead atoms. The van der Waals surface area contributed by atoms with Crippen LogP contribution in [0.1, 0.15) is 58.8 Å². The molecule has 13 heavy (non-hydrogen) atoms. The molecule has 0 saturated heterocycles. The minimum absolute atomic E-state index is 0.0387. The van der Waals surface area contributed by atoms with Crippen molar-refractivity contribution in [1.82, 2.24) is 0 Å². The van der Waals surface area contributed by atoms with Gasteiger partial charge in [0.25, 0.3) is 0 Å². The first-order valence-corrected chi connectivity index (χ1v) is 5.94. The van der Waals surface area contributed by atoms with E-state index in [4.69, 9.17) is 0 Å². The fraction of sp³-hybridized carbons (Fsp3) is 1.00. The summed E-state index contributed by atoms with van der Waals surface area (Å²) >= 11 is 0. The molecular formula is C12H24O. The first-order chi connectivity index (χ1) is 6.26. The number of hydrogen-bond acceptors (Lipinski definition) is 1. The number of aliphatic hydroxyl groups is 1. The van der Waals surface area contributed by atoms with Gasteiger partial charge < -0.3 is 5.11 Å². The fourth-order valence-electron chi connectivity index (χ4n) is 2.43. The first-order valence-electron chi connectivity index (χ1n) is 5.94. The summed E-state index contributed by atoms with van der Waals surface area (Å²) in [5.41, 5.74) is 0. The maximum Gasteiger partial charge on any atom is 0.0540 e. The minimum atomic E-state index is -0.0387. The van der Waals surface area contributed by atoms with E-state index < -0.39 is 0 Å². The van der Waals surface area contributed by atoms with E-state index in [1.807, 2.05) is 0 Å². The Morgan fingerprint density at radius 2 is 1.62 bits per heavy atom. The molecule has 78 valence electrons. The Bertz CT molecular complexity index is 125. The van der Waals surface area contributed by atoms with Gasteiger partial charge in [0.2, 0.25) is 0 Å². The lowest BCUT2D eigenvalue weighted by Crippen LogP contribution is -2.18. The topological polar surface area (TPSA) is 20.2 Å². The maximum atomic E-state index is 9.53. The van der Waals surface area contributed by atoms with Crippen LogP contribution >= 0.6 is 0 Å². The van der Waals surface area contributed by atoms with Crippen molar-refractivity contribution in [3.8, 4) is 0 Å². The lowest BCUT2D eigenvalue weighted by Gasteiger charge is -2.28. The lowest BCUT2D eigenvalue weighted by molar-refractivity contribution is 0.118. The highest BCUT2D eigenvalue weighted by Crippen LogP contribution is 2.33. The summed E-state index contributed by atoms with van der Waals surface area (Å²) < 4.78 is 0. The van der Waals surface area contributed by atoms with E-state index in [0.29, 0.717) is 0 Å². The van der Waals surface area contributed by atoms with Crippen LogP contribution in [0.25, 0.3) is 0 Å². The van der Waals surface area contributed by atoms with Gasteiger partial charge in [-0.3, -0.25) is 0 Å². The predicted molar refractivity (Wildman–Crippen MR) is 56.7 cm³/mol. The van der Waals surface area contributed by atoms with Crippen LogP contribution in [0, 0.1) is 11.8 Å². The summed E-state index contributed by atoms with van der Waals surface area (Å²) in [6, 6.07) is 0. The molecule has 1 rings (SSSR count). The summed E-state index contributed by atoms with van der Waals surface area (Å²) in [4.78, 5) is 0. The molecule has 0 heterocycles. The van der Waals surface area contributed by atoms with Crippen LogP contribution in [0.2, 0.25) is 0 Å². The Labute approximate surface area is 82.5 Å². The average molecular weight is 184 g/mol. The number of hydrogen-bond donors (Lipinski definition) is 1. The van der Waals surface area contributed by atoms with E-state index in [-0.39, 0.29) is 6.10 Å². The molecule has 1 heteroatoms. The van der Waals surface area contributed by atoms with Gasteiger partial charge in [-0.25, -0.2) is 0 Å². The summed E-state index contributed by atoms with van der Waals surface area (Å²) in [6.45, 7) is 4.37. The molecule has 1 nitrogen and oxygen atoms in total. The molecule has 1 unspecified atom stereocenters. The second kappa shape index (κ2) is 5.64. The van der Waals surface area contributed by atoms with Gasteiger partial charge in [0.15, 0.2) is 0 Å². The zero-order chi connectivity index (χ0) is 9.68. The van der Waals surface area contributed by atoms with Crippen LogP contribution in [0.4, 0.5) is 0 Å². The molecule has 1 aliphatic rings. The third-order valence-electron chi connectivity index (χ3n) is 3.62. The van der Waals surface area contributed by atoms with E-state index in [0.717, 1.165) is 24.7 Å². The van der Waals surface area contributed by atoms with Crippen LogP contribution in [-0.4, -0.2) is 11.2 Å². The van der Waals surface area contributed by atoms with E-state index in [1.165, 1.54) is 32.1 Å². The van der Waals surface area contributed by atoms with Gasteiger partial charge in [0, 0.05) is 0 Å².